The van der Waals surface area contributed by atoms with Gasteiger partial charge in [0.25, 0.3) is 0 Å². The summed E-state index contributed by atoms with van der Waals surface area (Å²) in [6.07, 6.45) is 0. The zero-order chi connectivity index (χ0) is 12.1. The Balaban J connectivity index is 3.14. The van der Waals surface area contributed by atoms with E-state index in [1.165, 1.54) is 6.07 Å². The lowest BCUT2D eigenvalue weighted by molar-refractivity contribution is 0.0697. The third-order valence-electron chi connectivity index (χ3n) is 2.28. The summed E-state index contributed by atoms with van der Waals surface area (Å²) in [6.45, 7) is 2.91. The monoisotopic (exact) mass is 243 g/mol. The molecule has 0 aromatic heterocycles. The molecule has 0 aliphatic rings. The normalized spacial score (nSPS) is 10.2. The Morgan fingerprint density at radius 3 is 2.69 bits per heavy atom. The van der Waals surface area contributed by atoms with Gasteiger partial charge in [0.2, 0.25) is 0 Å². The van der Waals surface area contributed by atoms with Crippen molar-refractivity contribution in [2.45, 2.75) is 6.92 Å². The second kappa shape index (κ2) is 5.72. The van der Waals surface area contributed by atoms with Gasteiger partial charge in [0, 0.05) is 18.1 Å². The average molecular weight is 244 g/mol. The molecule has 0 amide bonds. The summed E-state index contributed by atoms with van der Waals surface area (Å²) < 4.78 is 0. The van der Waals surface area contributed by atoms with Gasteiger partial charge in [0.15, 0.2) is 0 Å². The van der Waals surface area contributed by atoms with Crippen LogP contribution in [0, 0.1) is 0 Å². The number of aliphatic hydroxyl groups is 1. The van der Waals surface area contributed by atoms with Crippen molar-refractivity contribution in [3.05, 3.63) is 28.8 Å². The van der Waals surface area contributed by atoms with Crippen molar-refractivity contribution in [2.24, 2.45) is 0 Å². The van der Waals surface area contributed by atoms with Crippen LogP contribution in [0.1, 0.15) is 17.3 Å². The maximum absolute atomic E-state index is 11.1. The highest BCUT2D eigenvalue weighted by molar-refractivity contribution is 6.31. The molecular weight excluding hydrogens is 230 g/mol. The number of hydrogen-bond donors (Lipinski definition) is 2. The standard InChI is InChI=1S/C11H14ClNO3/c1-2-13(5-6-14)10-4-3-8(12)7-9(10)11(15)16/h3-4,7,14H,2,5-6H2,1H3,(H,15,16). The molecule has 1 rings (SSSR count). The minimum atomic E-state index is -1.02. The summed E-state index contributed by atoms with van der Waals surface area (Å²) in [5.41, 5.74) is 0.733. The van der Waals surface area contributed by atoms with Crippen LogP contribution in [0.2, 0.25) is 5.02 Å². The zero-order valence-electron chi connectivity index (χ0n) is 8.98. The molecule has 1 aromatic rings. The molecule has 0 aliphatic heterocycles. The van der Waals surface area contributed by atoms with E-state index < -0.39 is 5.97 Å². The van der Waals surface area contributed by atoms with Gasteiger partial charge in [-0.2, -0.15) is 0 Å². The molecule has 0 atom stereocenters. The second-order valence-electron chi connectivity index (χ2n) is 3.27. The molecule has 0 bridgehead atoms. The highest BCUT2D eigenvalue weighted by Crippen LogP contribution is 2.24. The zero-order valence-corrected chi connectivity index (χ0v) is 9.74. The predicted molar refractivity (Wildman–Crippen MR) is 63.4 cm³/mol. The lowest BCUT2D eigenvalue weighted by Crippen LogP contribution is -2.27. The Hall–Kier alpha value is -1.26. The maximum atomic E-state index is 11.1. The second-order valence-corrected chi connectivity index (χ2v) is 3.71. The molecule has 0 saturated heterocycles. The Morgan fingerprint density at radius 2 is 2.19 bits per heavy atom. The van der Waals surface area contributed by atoms with Crippen molar-refractivity contribution in [1.29, 1.82) is 0 Å². The lowest BCUT2D eigenvalue weighted by Gasteiger charge is -2.23. The molecule has 5 heteroatoms. The minimum Gasteiger partial charge on any atom is -0.478 e. The van der Waals surface area contributed by atoms with E-state index in [0.717, 1.165) is 0 Å². The number of rotatable bonds is 5. The predicted octanol–water partition coefficient (Wildman–Crippen LogP) is 1.86. The van der Waals surface area contributed by atoms with Crippen LogP contribution in [0.5, 0.6) is 0 Å². The minimum absolute atomic E-state index is 0.0183. The van der Waals surface area contributed by atoms with Crippen LogP contribution in [0.15, 0.2) is 18.2 Å². The van der Waals surface area contributed by atoms with Crippen molar-refractivity contribution >= 4 is 23.3 Å². The summed E-state index contributed by atoms with van der Waals surface area (Å²) in [5, 5.41) is 18.3. The molecule has 0 unspecified atom stereocenters. The first-order valence-corrected chi connectivity index (χ1v) is 5.36. The van der Waals surface area contributed by atoms with Crippen LogP contribution in [0.4, 0.5) is 5.69 Å². The number of anilines is 1. The van der Waals surface area contributed by atoms with E-state index in [9.17, 15) is 4.79 Å². The number of benzene rings is 1. The molecule has 2 N–H and O–H groups in total. The van der Waals surface area contributed by atoms with Gasteiger partial charge in [-0.25, -0.2) is 4.79 Å². The van der Waals surface area contributed by atoms with Crippen molar-refractivity contribution in [2.75, 3.05) is 24.6 Å². The van der Waals surface area contributed by atoms with E-state index in [-0.39, 0.29) is 12.2 Å². The molecule has 88 valence electrons. The molecule has 0 radical (unpaired) electrons. The number of likely N-dealkylation sites (N-methyl/N-ethyl adjacent to an activating group) is 1. The largest absolute Gasteiger partial charge is 0.478 e. The molecule has 0 saturated carbocycles. The number of hydrogen-bond acceptors (Lipinski definition) is 3. The number of carbonyl (C=O) groups is 1. The van der Waals surface area contributed by atoms with Crippen LogP contribution < -0.4 is 4.90 Å². The van der Waals surface area contributed by atoms with Crippen molar-refractivity contribution in [3.63, 3.8) is 0 Å². The topological polar surface area (TPSA) is 60.8 Å². The molecule has 0 spiro atoms. The smallest absolute Gasteiger partial charge is 0.337 e. The van der Waals surface area contributed by atoms with Gasteiger partial charge in [0.05, 0.1) is 17.9 Å². The summed E-state index contributed by atoms with van der Waals surface area (Å²) in [5.74, 6) is -1.02. The fourth-order valence-corrected chi connectivity index (χ4v) is 1.70. The molecule has 1 aromatic carbocycles. The van der Waals surface area contributed by atoms with Gasteiger partial charge in [-0.3, -0.25) is 0 Å². The third kappa shape index (κ3) is 2.87. The Bertz CT molecular complexity index is 381. The molecule has 4 nitrogen and oxygen atoms in total. The van der Waals surface area contributed by atoms with Crippen LogP contribution in [0.3, 0.4) is 0 Å². The van der Waals surface area contributed by atoms with Crippen LogP contribution in [-0.2, 0) is 0 Å². The van der Waals surface area contributed by atoms with Gasteiger partial charge in [-0.1, -0.05) is 11.6 Å². The van der Waals surface area contributed by atoms with Gasteiger partial charge < -0.3 is 15.1 Å². The fourth-order valence-electron chi connectivity index (χ4n) is 1.52. The number of carboxylic acids is 1. The van der Waals surface area contributed by atoms with Gasteiger partial charge >= 0.3 is 5.97 Å². The first-order chi connectivity index (χ1) is 7.60. The van der Waals surface area contributed by atoms with E-state index in [2.05, 4.69) is 0 Å². The maximum Gasteiger partial charge on any atom is 0.337 e. The molecule has 0 fully saturated rings. The number of carboxylic acid groups (broad SMARTS) is 1. The van der Waals surface area contributed by atoms with E-state index in [1.807, 2.05) is 6.92 Å². The number of halogens is 1. The van der Waals surface area contributed by atoms with Crippen molar-refractivity contribution in [1.82, 2.24) is 0 Å². The molecule has 0 aliphatic carbocycles. The Labute approximate surface area is 99.1 Å². The average Bonchev–Trinajstić information content (AvgIpc) is 2.26. The first-order valence-electron chi connectivity index (χ1n) is 4.98. The number of nitrogens with zero attached hydrogens (tertiary/aromatic N) is 1. The van der Waals surface area contributed by atoms with Gasteiger partial charge in [-0.05, 0) is 25.1 Å². The van der Waals surface area contributed by atoms with Gasteiger partial charge in [0.1, 0.15) is 0 Å². The first kappa shape index (κ1) is 12.8. The summed E-state index contributed by atoms with van der Waals surface area (Å²) >= 11 is 5.75. The number of aliphatic hydroxyl groups excluding tert-OH is 1. The van der Waals surface area contributed by atoms with E-state index in [1.54, 1.807) is 17.0 Å². The van der Waals surface area contributed by atoms with E-state index in [4.69, 9.17) is 21.8 Å². The molecular formula is C11H14ClNO3. The van der Waals surface area contributed by atoms with E-state index in [0.29, 0.717) is 23.8 Å². The quantitative estimate of drug-likeness (QED) is 0.829. The summed E-state index contributed by atoms with van der Waals surface area (Å²) in [4.78, 5) is 12.8. The van der Waals surface area contributed by atoms with Crippen molar-refractivity contribution in [3.8, 4) is 0 Å². The van der Waals surface area contributed by atoms with Crippen LogP contribution in [-0.4, -0.2) is 35.9 Å². The summed E-state index contributed by atoms with van der Waals surface area (Å²) in [6, 6.07) is 4.72. The lowest BCUT2D eigenvalue weighted by atomic mass is 10.1. The van der Waals surface area contributed by atoms with Crippen LogP contribution >= 0.6 is 11.6 Å². The Kier molecular flexibility index (Phi) is 4.58. The third-order valence-corrected chi connectivity index (χ3v) is 2.52. The Morgan fingerprint density at radius 1 is 1.50 bits per heavy atom. The number of aromatic carboxylic acids is 1. The summed E-state index contributed by atoms with van der Waals surface area (Å²) in [7, 11) is 0. The molecule has 0 heterocycles. The molecule has 16 heavy (non-hydrogen) atoms. The highest BCUT2D eigenvalue weighted by atomic mass is 35.5. The van der Waals surface area contributed by atoms with Gasteiger partial charge in [-0.15, -0.1) is 0 Å². The van der Waals surface area contributed by atoms with Crippen molar-refractivity contribution < 1.29 is 15.0 Å². The van der Waals surface area contributed by atoms with Crippen LogP contribution in [0.25, 0.3) is 0 Å². The fraction of sp³-hybridized carbons (Fsp3) is 0.364. The van der Waals surface area contributed by atoms with E-state index >= 15 is 0 Å². The highest BCUT2D eigenvalue weighted by Gasteiger charge is 2.15. The SMILES string of the molecule is CCN(CCO)c1ccc(Cl)cc1C(=O)O.